The predicted molar refractivity (Wildman–Crippen MR) is 101 cm³/mol. The lowest BCUT2D eigenvalue weighted by Crippen LogP contribution is -2.47. The number of nitrogens with zero attached hydrogens (tertiary/aromatic N) is 2. The molecule has 3 nitrogen and oxygen atoms in total. The highest BCUT2D eigenvalue weighted by Crippen LogP contribution is 2.52. The minimum atomic E-state index is 0.199. The van der Waals surface area contributed by atoms with Gasteiger partial charge in [0.05, 0.1) is 5.54 Å². The van der Waals surface area contributed by atoms with E-state index in [-0.39, 0.29) is 5.54 Å². The number of likely N-dealkylation sites (tertiary alicyclic amines) is 1. The molecular weight excluding hydrogens is 316 g/mol. The van der Waals surface area contributed by atoms with Crippen molar-refractivity contribution in [3.63, 3.8) is 0 Å². The van der Waals surface area contributed by atoms with Crippen LogP contribution in [0, 0.1) is 12.3 Å². The molecule has 1 aliphatic heterocycles. The van der Waals surface area contributed by atoms with Crippen molar-refractivity contribution < 1.29 is 4.79 Å². The Morgan fingerprint density at radius 3 is 2.46 bits per heavy atom. The minimum absolute atomic E-state index is 0.199. The van der Waals surface area contributed by atoms with E-state index in [9.17, 15) is 4.79 Å². The van der Waals surface area contributed by atoms with Crippen LogP contribution >= 0.6 is 11.3 Å². The predicted octanol–water partition coefficient (Wildman–Crippen LogP) is 4.41. The molecule has 4 heteroatoms. The number of aryl methyl sites for hydroxylation is 1. The normalized spacial score (nSPS) is 30.5. The molecule has 1 aromatic heterocycles. The van der Waals surface area contributed by atoms with Gasteiger partial charge in [-0.1, -0.05) is 6.92 Å². The maximum Gasteiger partial charge on any atom is 0.222 e. The summed E-state index contributed by atoms with van der Waals surface area (Å²) in [5.41, 5.74) is 0.584. The number of rotatable bonds is 4. The molecule has 1 aromatic rings. The second-order valence-electron chi connectivity index (χ2n) is 8.15. The van der Waals surface area contributed by atoms with E-state index < -0.39 is 0 Å². The Bertz CT molecular complexity index is 584. The molecule has 134 valence electrons. The fraction of sp³-hybridized carbons (Fsp3) is 0.750. The molecule has 1 saturated heterocycles. The van der Waals surface area contributed by atoms with Crippen molar-refractivity contribution in [1.29, 1.82) is 0 Å². The fourth-order valence-electron chi connectivity index (χ4n) is 4.72. The zero-order chi connectivity index (χ0) is 17.4. The van der Waals surface area contributed by atoms with Crippen LogP contribution in [-0.4, -0.2) is 42.9 Å². The van der Waals surface area contributed by atoms with E-state index in [1.54, 1.807) is 0 Å². The summed E-state index contributed by atoms with van der Waals surface area (Å²) in [4.78, 5) is 19.8. The Morgan fingerprint density at radius 2 is 1.92 bits per heavy atom. The molecule has 24 heavy (non-hydrogen) atoms. The lowest BCUT2D eigenvalue weighted by Gasteiger charge is -2.48. The van der Waals surface area contributed by atoms with Crippen LogP contribution in [0.3, 0.4) is 0 Å². The third kappa shape index (κ3) is 3.15. The van der Waals surface area contributed by atoms with Crippen molar-refractivity contribution >= 4 is 17.2 Å². The fourth-order valence-corrected chi connectivity index (χ4v) is 5.92. The minimum Gasteiger partial charge on any atom is -0.342 e. The molecule has 1 aliphatic carbocycles. The number of carbonyl (C=O) groups excluding carboxylic acids is 1. The molecule has 1 amide bonds. The van der Waals surface area contributed by atoms with Crippen molar-refractivity contribution in [3.05, 3.63) is 21.9 Å². The lowest BCUT2D eigenvalue weighted by molar-refractivity contribution is -0.130. The van der Waals surface area contributed by atoms with Crippen molar-refractivity contribution in [2.45, 2.75) is 64.3 Å². The first-order valence-electron chi connectivity index (χ1n) is 9.43. The van der Waals surface area contributed by atoms with Gasteiger partial charge < -0.3 is 4.90 Å². The highest BCUT2D eigenvalue weighted by molar-refractivity contribution is 7.12. The van der Waals surface area contributed by atoms with E-state index in [4.69, 9.17) is 0 Å². The first-order valence-corrected chi connectivity index (χ1v) is 10.2. The van der Waals surface area contributed by atoms with Gasteiger partial charge in [0.25, 0.3) is 0 Å². The van der Waals surface area contributed by atoms with E-state index in [1.165, 1.54) is 41.9 Å². The maximum atomic E-state index is 12.3. The Balaban J connectivity index is 1.71. The van der Waals surface area contributed by atoms with Crippen LogP contribution in [0.2, 0.25) is 0 Å². The molecule has 0 aromatic carbocycles. The summed E-state index contributed by atoms with van der Waals surface area (Å²) in [5.74, 6) is 0.368. The number of carbonyl (C=O) groups is 1. The molecule has 0 atom stereocenters. The highest BCUT2D eigenvalue weighted by Gasteiger charge is 2.48. The highest BCUT2D eigenvalue weighted by atomic mass is 32.1. The zero-order valence-corrected chi connectivity index (χ0v) is 16.5. The van der Waals surface area contributed by atoms with Gasteiger partial charge in [-0.25, -0.2) is 0 Å². The van der Waals surface area contributed by atoms with Gasteiger partial charge >= 0.3 is 0 Å². The van der Waals surface area contributed by atoms with Crippen LogP contribution < -0.4 is 0 Å². The Hall–Kier alpha value is -0.870. The van der Waals surface area contributed by atoms with Gasteiger partial charge in [-0.15, -0.1) is 11.3 Å². The van der Waals surface area contributed by atoms with Gasteiger partial charge in [-0.3, -0.25) is 9.69 Å². The van der Waals surface area contributed by atoms with Crippen LogP contribution in [0.4, 0.5) is 0 Å². The molecule has 0 unspecified atom stereocenters. The average molecular weight is 349 g/mol. The molecule has 1 saturated carbocycles. The number of amides is 1. The first-order chi connectivity index (χ1) is 11.4. The molecule has 0 N–H and O–H groups in total. The quantitative estimate of drug-likeness (QED) is 0.805. The van der Waals surface area contributed by atoms with Crippen molar-refractivity contribution in [2.24, 2.45) is 5.41 Å². The number of thiophene rings is 1. The van der Waals surface area contributed by atoms with E-state index in [0.717, 1.165) is 19.5 Å². The second-order valence-corrected chi connectivity index (χ2v) is 9.44. The van der Waals surface area contributed by atoms with Crippen LogP contribution in [0.5, 0.6) is 0 Å². The monoisotopic (exact) mass is 348 g/mol. The molecule has 2 heterocycles. The van der Waals surface area contributed by atoms with E-state index in [0.29, 0.717) is 17.7 Å². The second kappa shape index (κ2) is 6.80. The van der Waals surface area contributed by atoms with E-state index in [2.05, 4.69) is 49.9 Å². The summed E-state index contributed by atoms with van der Waals surface area (Å²) < 4.78 is 0. The van der Waals surface area contributed by atoms with Crippen molar-refractivity contribution in [2.75, 3.05) is 27.2 Å². The summed E-state index contributed by atoms with van der Waals surface area (Å²) in [6.45, 7) is 6.28. The van der Waals surface area contributed by atoms with Gasteiger partial charge in [0.1, 0.15) is 0 Å². The summed E-state index contributed by atoms with van der Waals surface area (Å²) >= 11 is 1.96. The summed E-state index contributed by atoms with van der Waals surface area (Å²) in [6.07, 6.45) is 7.81. The van der Waals surface area contributed by atoms with E-state index >= 15 is 0 Å². The standard InChI is InChI=1S/C20H32N2OS/c1-5-6-18(23)22-14-13-19(15-22)9-11-20(12-10-19,21(3)4)17-8-7-16(2)24-17/h7-8H,5-6,9-15H2,1-4H3. The van der Waals surface area contributed by atoms with Crippen LogP contribution in [0.15, 0.2) is 12.1 Å². The van der Waals surface area contributed by atoms with Crippen LogP contribution in [0.25, 0.3) is 0 Å². The van der Waals surface area contributed by atoms with E-state index in [1.807, 2.05) is 11.3 Å². The number of hydrogen-bond donors (Lipinski definition) is 0. The first kappa shape index (κ1) is 17.9. The Kier molecular flexibility index (Phi) is 5.08. The Labute approximate surface area is 151 Å². The summed E-state index contributed by atoms with van der Waals surface area (Å²) in [5, 5.41) is 0. The molecule has 2 aliphatic rings. The third-order valence-electron chi connectivity index (χ3n) is 6.45. The molecule has 2 fully saturated rings. The molecule has 0 bridgehead atoms. The van der Waals surface area contributed by atoms with Crippen molar-refractivity contribution in [1.82, 2.24) is 9.80 Å². The van der Waals surface area contributed by atoms with Crippen LogP contribution in [-0.2, 0) is 10.3 Å². The van der Waals surface area contributed by atoms with Gasteiger partial charge in [0, 0.05) is 29.3 Å². The topological polar surface area (TPSA) is 23.6 Å². The summed E-state index contributed by atoms with van der Waals surface area (Å²) in [7, 11) is 4.47. The molecule has 1 spiro atoms. The lowest BCUT2D eigenvalue weighted by atomic mass is 9.66. The van der Waals surface area contributed by atoms with Gasteiger partial charge in [-0.2, -0.15) is 0 Å². The number of hydrogen-bond acceptors (Lipinski definition) is 3. The Morgan fingerprint density at radius 1 is 1.21 bits per heavy atom. The molecule has 3 rings (SSSR count). The van der Waals surface area contributed by atoms with Gasteiger partial charge in [0.15, 0.2) is 0 Å². The molecular formula is C20H32N2OS. The van der Waals surface area contributed by atoms with Crippen LogP contribution in [0.1, 0.15) is 61.6 Å². The van der Waals surface area contributed by atoms with Gasteiger partial charge in [-0.05, 0) is 77.1 Å². The largest absolute Gasteiger partial charge is 0.342 e. The molecule has 0 radical (unpaired) electrons. The van der Waals surface area contributed by atoms with Crippen molar-refractivity contribution in [3.8, 4) is 0 Å². The zero-order valence-electron chi connectivity index (χ0n) is 15.7. The maximum absolute atomic E-state index is 12.3. The average Bonchev–Trinajstić information content (AvgIpc) is 3.16. The summed E-state index contributed by atoms with van der Waals surface area (Å²) in [6, 6.07) is 4.60. The van der Waals surface area contributed by atoms with Gasteiger partial charge in [0.2, 0.25) is 5.91 Å². The smallest absolute Gasteiger partial charge is 0.222 e. The SMILES string of the molecule is CCCC(=O)N1CCC2(CCC(c3ccc(C)s3)(N(C)C)CC2)C1. The third-order valence-corrected chi connectivity index (χ3v) is 7.64.